The average molecular weight is 393 g/mol. The van der Waals surface area contributed by atoms with E-state index in [1.54, 1.807) is 0 Å². The van der Waals surface area contributed by atoms with Gasteiger partial charge in [0.05, 0.1) is 13.5 Å². The molecule has 3 rings (SSSR count). The fraction of sp³-hybridized carbons (Fsp3) is 0.826. The maximum Gasteiger partial charge on any atom is 0.305 e. The first kappa shape index (κ1) is 21.5. The van der Waals surface area contributed by atoms with E-state index < -0.39 is 12.4 Å². The molecule has 0 radical (unpaired) electrons. The molecule has 5 heteroatoms. The van der Waals surface area contributed by atoms with Crippen LogP contribution in [0.3, 0.4) is 0 Å². The standard InChI is InChI=1S/C23H36O5/c1-13-8-7-10-22(3,4)16-9-11-23(5,18(13)16)19-15(12-17(25)27-6)20(14(2)24)28-21(19)26/h15-16,18-21,26H,1,7-12H2,2-6H3/t15-,16-,18-,19+,20+,21?,23-/m1/s1. The highest BCUT2D eigenvalue weighted by Crippen LogP contribution is 2.64. The Kier molecular flexibility index (Phi) is 5.81. The number of methoxy groups -OCH3 is 1. The Hall–Kier alpha value is -1.20. The van der Waals surface area contributed by atoms with E-state index in [0.717, 1.165) is 25.7 Å². The Morgan fingerprint density at radius 2 is 1.96 bits per heavy atom. The van der Waals surface area contributed by atoms with Crippen LogP contribution < -0.4 is 0 Å². The predicted octanol–water partition coefficient (Wildman–Crippen LogP) is 3.89. The summed E-state index contributed by atoms with van der Waals surface area (Å²) in [5, 5.41) is 10.9. The molecular formula is C23H36O5. The zero-order valence-corrected chi connectivity index (χ0v) is 18.0. The highest BCUT2D eigenvalue weighted by Gasteiger charge is 2.62. The van der Waals surface area contributed by atoms with Crippen LogP contribution >= 0.6 is 0 Å². The van der Waals surface area contributed by atoms with E-state index in [1.165, 1.54) is 26.0 Å². The van der Waals surface area contributed by atoms with Crippen molar-refractivity contribution in [2.45, 2.75) is 78.6 Å². The molecule has 5 nitrogen and oxygen atoms in total. The van der Waals surface area contributed by atoms with Gasteiger partial charge in [-0.15, -0.1) is 0 Å². The van der Waals surface area contributed by atoms with Crippen molar-refractivity contribution >= 4 is 11.8 Å². The minimum atomic E-state index is -1.05. The highest BCUT2D eigenvalue weighted by atomic mass is 16.6. The summed E-state index contributed by atoms with van der Waals surface area (Å²) in [6, 6.07) is 0. The number of aliphatic hydroxyl groups excluding tert-OH is 1. The topological polar surface area (TPSA) is 72.8 Å². The van der Waals surface area contributed by atoms with Gasteiger partial charge in [-0.05, 0) is 61.7 Å². The molecule has 158 valence electrons. The summed E-state index contributed by atoms with van der Waals surface area (Å²) >= 11 is 0. The second-order valence-electron chi connectivity index (χ2n) is 10.2. The maximum atomic E-state index is 12.2. The first-order valence-electron chi connectivity index (χ1n) is 10.6. The third-order valence-electron chi connectivity index (χ3n) is 8.11. The van der Waals surface area contributed by atoms with Crippen LogP contribution in [0.2, 0.25) is 0 Å². The normalized spacial score (nSPS) is 42.7. The molecule has 1 N–H and O–H groups in total. The number of allylic oxidation sites excluding steroid dienone is 1. The van der Waals surface area contributed by atoms with E-state index in [0.29, 0.717) is 5.92 Å². The van der Waals surface area contributed by atoms with Crippen LogP contribution in [0.4, 0.5) is 0 Å². The third kappa shape index (κ3) is 3.45. The van der Waals surface area contributed by atoms with E-state index in [-0.39, 0.29) is 46.8 Å². The molecule has 2 aliphatic carbocycles. The number of aliphatic hydroxyl groups is 1. The van der Waals surface area contributed by atoms with Crippen LogP contribution in [-0.4, -0.2) is 36.4 Å². The van der Waals surface area contributed by atoms with Crippen molar-refractivity contribution in [1.82, 2.24) is 0 Å². The zero-order chi connectivity index (χ0) is 20.9. The van der Waals surface area contributed by atoms with Gasteiger partial charge in [-0.3, -0.25) is 9.59 Å². The van der Waals surface area contributed by atoms with Gasteiger partial charge in [0.15, 0.2) is 12.1 Å². The Balaban J connectivity index is 2.01. The van der Waals surface area contributed by atoms with Crippen molar-refractivity contribution in [3.63, 3.8) is 0 Å². The number of carbonyl (C=O) groups excluding carboxylic acids is 2. The number of esters is 1. The van der Waals surface area contributed by atoms with Crippen LogP contribution in [0.25, 0.3) is 0 Å². The summed E-state index contributed by atoms with van der Waals surface area (Å²) in [5.74, 6) is -0.413. The quantitative estimate of drug-likeness (QED) is 0.580. The number of rotatable bonds is 4. The number of fused-ring (bicyclic) bond motifs is 1. The monoisotopic (exact) mass is 392 g/mol. The summed E-state index contributed by atoms with van der Waals surface area (Å²) in [7, 11) is 1.36. The van der Waals surface area contributed by atoms with E-state index in [1.807, 2.05) is 0 Å². The molecule has 0 spiro atoms. The Labute approximate surface area is 168 Å². The first-order chi connectivity index (χ1) is 13.0. The molecule has 28 heavy (non-hydrogen) atoms. The van der Waals surface area contributed by atoms with Crippen molar-refractivity contribution in [2.24, 2.45) is 34.5 Å². The molecule has 3 aliphatic rings. The molecule has 1 saturated heterocycles. The largest absolute Gasteiger partial charge is 0.469 e. The number of ketones is 1. The molecule has 0 bridgehead atoms. The smallest absolute Gasteiger partial charge is 0.305 e. The molecule has 3 fully saturated rings. The number of carbonyl (C=O) groups is 2. The molecule has 2 saturated carbocycles. The lowest BCUT2D eigenvalue weighted by Gasteiger charge is -2.45. The fourth-order valence-corrected chi connectivity index (χ4v) is 6.78. The summed E-state index contributed by atoms with van der Waals surface area (Å²) in [4.78, 5) is 24.4. The maximum absolute atomic E-state index is 12.2. The molecule has 7 atom stereocenters. The van der Waals surface area contributed by atoms with Crippen molar-refractivity contribution in [2.75, 3.05) is 7.11 Å². The molecular weight excluding hydrogens is 356 g/mol. The zero-order valence-electron chi connectivity index (χ0n) is 18.0. The molecule has 1 unspecified atom stereocenters. The van der Waals surface area contributed by atoms with E-state index in [4.69, 9.17) is 9.47 Å². The van der Waals surface area contributed by atoms with Crippen molar-refractivity contribution < 1.29 is 24.2 Å². The number of Topliss-reactive ketones (excluding diaryl/α,β-unsaturated/α-hetero) is 1. The van der Waals surface area contributed by atoms with Gasteiger partial charge in [-0.1, -0.05) is 32.9 Å². The second-order valence-corrected chi connectivity index (χ2v) is 10.2. The summed E-state index contributed by atoms with van der Waals surface area (Å²) in [6.45, 7) is 12.8. The van der Waals surface area contributed by atoms with Gasteiger partial charge in [0, 0.05) is 11.8 Å². The molecule has 0 aromatic carbocycles. The summed E-state index contributed by atoms with van der Waals surface area (Å²) < 4.78 is 10.6. The predicted molar refractivity (Wildman–Crippen MR) is 106 cm³/mol. The van der Waals surface area contributed by atoms with Gasteiger partial charge < -0.3 is 14.6 Å². The van der Waals surface area contributed by atoms with Gasteiger partial charge in [0.1, 0.15) is 6.10 Å². The van der Waals surface area contributed by atoms with Crippen LogP contribution in [0.5, 0.6) is 0 Å². The lowest BCUT2D eigenvalue weighted by atomic mass is 9.59. The lowest BCUT2D eigenvalue weighted by Crippen LogP contribution is -2.44. The van der Waals surface area contributed by atoms with Gasteiger partial charge in [0.25, 0.3) is 0 Å². The third-order valence-corrected chi connectivity index (χ3v) is 8.11. The first-order valence-corrected chi connectivity index (χ1v) is 10.6. The summed E-state index contributed by atoms with van der Waals surface area (Å²) in [5.41, 5.74) is 1.21. The minimum Gasteiger partial charge on any atom is -0.469 e. The SMILES string of the molecule is C=C1CCCC(C)(C)[C@@H]2CC[C@@](C)([C@@H]3C(O)O[C@@H](C(C)=O)[C@@H]3CC(=O)OC)[C@H]12. The van der Waals surface area contributed by atoms with Crippen LogP contribution in [-0.2, 0) is 19.1 Å². The average Bonchev–Trinajstić information content (AvgIpc) is 3.09. The van der Waals surface area contributed by atoms with Crippen molar-refractivity contribution in [1.29, 1.82) is 0 Å². The molecule has 0 amide bonds. The van der Waals surface area contributed by atoms with Crippen LogP contribution in [0.15, 0.2) is 12.2 Å². The highest BCUT2D eigenvalue weighted by molar-refractivity contribution is 5.82. The van der Waals surface area contributed by atoms with E-state index in [9.17, 15) is 14.7 Å². The molecule has 0 aromatic heterocycles. The van der Waals surface area contributed by atoms with Gasteiger partial charge >= 0.3 is 5.97 Å². The van der Waals surface area contributed by atoms with Gasteiger partial charge in [-0.25, -0.2) is 0 Å². The van der Waals surface area contributed by atoms with E-state index in [2.05, 4.69) is 27.4 Å². The van der Waals surface area contributed by atoms with Gasteiger partial charge in [0.2, 0.25) is 0 Å². The van der Waals surface area contributed by atoms with Crippen LogP contribution in [0, 0.1) is 34.5 Å². The number of ether oxygens (including phenoxy) is 2. The van der Waals surface area contributed by atoms with Crippen molar-refractivity contribution in [3.05, 3.63) is 12.2 Å². The van der Waals surface area contributed by atoms with E-state index >= 15 is 0 Å². The minimum absolute atomic E-state index is 0.0886. The Morgan fingerprint density at radius 3 is 2.57 bits per heavy atom. The Morgan fingerprint density at radius 1 is 1.29 bits per heavy atom. The van der Waals surface area contributed by atoms with Crippen molar-refractivity contribution in [3.8, 4) is 0 Å². The lowest BCUT2D eigenvalue weighted by molar-refractivity contribution is -0.149. The van der Waals surface area contributed by atoms with Crippen LogP contribution in [0.1, 0.15) is 66.2 Å². The fourth-order valence-electron chi connectivity index (χ4n) is 6.78. The Bertz CT molecular complexity index is 653. The summed E-state index contributed by atoms with van der Waals surface area (Å²) in [6.07, 6.45) is 3.61. The number of hydrogen-bond donors (Lipinski definition) is 1. The number of hydrogen-bond acceptors (Lipinski definition) is 5. The molecule has 0 aromatic rings. The molecule has 1 heterocycles. The van der Waals surface area contributed by atoms with Gasteiger partial charge in [-0.2, -0.15) is 0 Å². The second kappa shape index (κ2) is 7.56. The molecule has 1 aliphatic heterocycles.